The maximum Gasteiger partial charge on any atom is 0.272 e. The topological polar surface area (TPSA) is 72.4 Å². The van der Waals surface area contributed by atoms with Gasteiger partial charge in [0.25, 0.3) is 5.91 Å². The summed E-state index contributed by atoms with van der Waals surface area (Å²) < 4.78 is 7.48. The van der Waals surface area contributed by atoms with E-state index >= 15 is 0 Å². The maximum absolute atomic E-state index is 12.4. The Labute approximate surface area is 131 Å². The molecule has 0 aliphatic carbocycles. The Morgan fingerprint density at radius 1 is 1.30 bits per heavy atom. The standard InChI is InChI=1S/C17H14N4O2/c1-11(15-9-12-5-2-3-6-14(12)23-15)19-16(22)13-10-21-8-4-7-18-17(21)20-13/h2-11H,1H3,(H,19,22). The van der Waals surface area contributed by atoms with Crippen molar-refractivity contribution in [2.75, 3.05) is 0 Å². The fourth-order valence-corrected chi connectivity index (χ4v) is 2.50. The number of para-hydroxylation sites is 1. The van der Waals surface area contributed by atoms with Crippen molar-refractivity contribution >= 4 is 22.7 Å². The lowest BCUT2D eigenvalue weighted by Crippen LogP contribution is -2.26. The highest BCUT2D eigenvalue weighted by Crippen LogP contribution is 2.23. The normalized spacial score (nSPS) is 12.6. The number of rotatable bonds is 3. The number of benzene rings is 1. The maximum atomic E-state index is 12.4. The van der Waals surface area contributed by atoms with Gasteiger partial charge in [0, 0.05) is 24.0 Å². The van der Waals surface area contributed by atoms with Gasteiger partial charge in [-0.2, -0.15) is 0 Å². The van der Waals surface area contributed by atoms with E-state index in [9.17, 15) is 4.79 Å². The number of carbonyl (C=O) groups excluding carboxylic acids is 1. The van der Waals surface area contributed by atoms with Crippen LogP contribution < -0.4 is 5.32 Å². The van der Waals surface area contributed by atoms with Gasteiger partial charge >= 0.3 is 0 Å². The van der Waals surface area contributed by atoms with Gasteiger partial charge in [-0.25, -0.2) is 9.97 Å². The van der Waals surface area contributed by atoms with E-state index in [0.29, 0.717) is 17.2 Å². The van der Waals surface area contributed by atoms with E-state index in [-0.39, 0.29) is 11.9 Å². The molecular weight excluding hydrogens is 292 g/mol. The van der Waals surface area contributed by atoms with Crippen LogP contribution in [0.1, 0.15) is 29.2 Å². The summed E-state index contributed by atoms with van der Waals surface area (Å²) in [5.74, 6) is 0.943. The Kier molecular flexibility index (Phi) is 3.08. The van der Waals surface area contributed by atoms with Crippen molar-refractivity contribution in [3.63, 3.8) is 0 Å². The van der Waals surface area contributed by atoms with E-state index in [1.54, 1.807) is 29.1 Å². The number of hydrogen-bond donors (Lipinski definition) is 1. The molecule has 114 valence electrons. The van der Waals surface area contributed by atoms with Crippen molar-refractivity contribution in [1.29, 1.82) is 0 Å². The van der Waals surface area contributed by atoms with Crippen molar-refractivity contribution in [1.82, 2.24) is 19.7 Å². The van der Waals surface area contributed by atoms with Crippen LogP contribution in [0.4, 0.5) is 0 Å². The molecule has 0 saturated carbocycles. The first-order valence-electron chi connectivity index (χ1n) is 7.30. The minimum atomic E-state index is -0.261. The third kappa shape index (κ3) is 2.44. The molecule has 1 amide bonds. The SMILES string of the molecule is CC(NC(=O)c1cn2cccnc2n1)c1cc2ccccc2o1. The third-order valence-electron chi connectivity index (χ3n) is 3.69. The Hall–Kier alpha value is -3.15. The molecule has 4 aromatic rings. The van der Waals surface area contributed by atoms with Crippen molar-refractivity contribution in [3.05, 3.63) is 66.4 Å². The summed E-state index contributed by atoms with van der Waals surface area (Å²) in [6, 6.07) is 11.2. The van der Waals surface area contributed by atoms with Gasteiger partial charge in [0.05, 0.1) is 6.04 Å². The summed E-state index contributed by atoms with van der Waals surface area (Å²) >= 11 is 0. The predicted octanol–water partition coefficient (Wildman–Crippen LogP) is 2.97. The summed E-state index contributed by atoms with van der Waals surface area (Å²) in [4.78, 5) is 20.7. The van der Waals surface area contributed by atoms with E-state index in [0.717, 1.165) is 11.0 Å². The van der Waals surface area contributed by atoms with Gasteiger partial charge in [-0.3, -0.25) is 9.20 Å². The van der Waals surface area contributed by atoms with Gasteiger partial charge in [0.2, 0.25) is 5.78 Å². The second kappa shape index (κ2) is 5.24. The average molecular weight is 306 g/mol. The summed E-state index contributed by atoms with van der Waals surface area (Å²) in [6.07, 6.45) is 5.10. The second-order valence-electron chi connectivity index (χ2n) is 5.33. The van der Waals surface area contributed by atoms with Gasteiger partial charge in [-0.05, 0) is 25.1 Å². The highest BCUT2D eigenvalue weighted by molar-refractivity contribution is 5.93. The van der Waals surface area contributed by atoms with Gasteiger partial charge in [-0.15, -0.1) is 0 Å². The number of carbonyl (C=O) groups is 1. The lowest BCUT2D eigenvalue weighted by Gasteiger charge is -2.09. The molecule has 0 aliphatic heterocycles. The van der Waals surface area contributed by atoms with Crippen molar-refractivity contribution in [2.45, 2.75) is 13.0 Å². The van der Waals surface area contributed by atoms with Crippen LogP contribution in [-0.4, -0.2) is 20.3 Å². The number of nitrogens with one attached hydrogen (secondary N) is 1. The molecule has 0 spiro atoms. The van der Waals surface area contributed by atoms with Crippen LogP contribution in [0.25, 0.3) is 16.7 Å². The van der Waals surface area contributed by atoms with Crippen LogP contribution >= 0.6 is 0 Å². The number of nitrogens with zero attached hydrogens (tertiary/aromatic N) is 3. The van der Waals surface area contributed by atoms with Crippen LogP contribution in [0.3, 0.4) is 0 Å². The molecule has 1 aromatic carbocycles. The Morgan fingerprint density at radius 2 is 2.17 bits per heavy atom. The molecule has 4 rings (SSSR count). The van der Waals surface area contributed by atoms with Gasteiger partial charge < -0.3 is 9.73 Å². The quantitative estimate of drug-likeness (QED) is 0.631. The van der Waals surface area contributed by atoms with Crippen LogP contribution in [-0.2, 0) is 0 Å². The van der Waals surface area contributed by atoms with E-state index < -0.39 is 0 Å². The molecule has 1 N–H and O–H groups in total. The second-order valence-corrected chi connectivity index (χ2v) is 5.33. The lowest BCUT2D eigenvalue weighted by molar-refractivity contribution is 0.0931. The summed E-state index contributed by atoms with van der Waals surface area (Å²) in [6.45, 7) is 1.88. The zero-order valence-corrected chi connectivity index (χ0v) is 12.4. The van der Waals surface area contributed by atoms with E-state index in [4.69, 9.17) is 4.42 Å². The highest BCUT2D eigenvalue weighted by Gasteiger charge is 2.17. The predicted molar refractivity (Wildman–Crippen MR) is 85.1 cm³/mol. The minimum Gasteiger partial charge on any atom is -0.459 e. The molecule has 0 bridgehead atoms. The third-order valence-corrected chi connectivity index (χ3v) is 3.69. The molecular formula is C17H14N4O2. The van der Waals surface area contributed by atoms with E-state index in [1.165, 1.54) is 0 Å². The molecule has 0 radical (unpaired) electrons. The highest BCUT2D eigenvalue weighted by atomic mass is 16.3. The van der Waals surface area contributed by atoms with Crippen molar-refractivity contribution < 1.29 is 9.21 Å². The van der Waals surface area contributed by atoms with Crippen LogP contribution in [0.5, 0.6) is 0 Å². The molecule has 0 aliphatic rings. The average Bonchev–Trinajstić information content (AvgIpc) is 3.18. The molecule has 0 saturated heterocycles. The monoisotopic (exact) mass is 306 g/mol. The Bertz CT molecular complexity index is 936. The molecule has 23 heavy (non-hydrogen) atoms. The molecule has 1 unspecified atom stereocenters. The van der Waals surface area contributed by atoms with Gasteiger partial charge in [0.1, 0.15) is 17.0 Å². The van der Waals surface area contributed by atoms with Crippen molar-refractivity contribution in [2.24, 2.45) is 0 Å². The molecule has 3 aromatic heterocycles. The largest absolute Gasteiger partial charge is 0.459 e. The van der Waals surface area contributed by atoms with Crippen LogP contribution in [0.15, 0.2) is 59.4 Å². The molecule has 3 heterocycles. The minimum absolute atomic E-state index is 0.257. The number of amides is 1. The molecule has 1 atom stereocenters. The summed E-state index contributed by atoms with van der Waals surface area (Å²) in [5.41, 5.74) is 1.13. The summed E-state index contributed by atoms with van der Waals surface area (Å²) in [7, 11) is 0. The number of fused-ring (bicyclic) bond motifs is 2. The Morgan fingerprint density at radius 3 is 3.00 bits per heavy atom. The zero-order chi connectivity index (χ0) is 15.8. The number of aromatic nitrogens is 3. The van der Waals surface area contributed by atoms with Gasteiger partial charge in [0.15, 0.2) is 0 Å². The molecule has 6 nitrogen and oxygen atoms in total. The number of imidazole rings is 1. The Balaban J connectivity index is 1.57. The summed E-state index contributed by atoms with van der Waals surface area (Å²) in [5, 5.41) is 3.91. The number of hydrogen-bond acceptors (Lipinski definition) is 4. The molecule has 6 heteroatoms. The zero-order valence-electron chi connectivity index (χ0n) is 12.4. The van der Waals surface area contributed by atoms with Gasteiger partial charge in [-0.1, -0.05) is 18.2 Å². The van der Waals surface area contributed by atoms with Crippen molar-refractivity contribution in [3.8, 4) is 0 Å². The lowest BCUT2D eigenvalue weighted by atomic mass is 10.2. The first kappa shape index (κ1) is 13.5. The first-order valence-corrected chi connectivity index (χ1v) is 7.30. The van der Waals surface area contributed by atoms with E-state index in [2.05, 4.69) is 15.3 Å². The smallest absolute Gasteiger partial charge is 0.272 e. The van der Waals surface area contributed by atoms with E-state index in [1.807, 2.05) is 37.3 Å². The fourth-order valence-electron chi connectivity index (χ4n) is 2.50. The molecule has 0 fully saturated rings. The van der Waals surface area contributed by atoms with Crippen LogP contribution in [0, 0.1) is 0 Å². The number of furan rings is 1. The fraction of sp³-hybridized carbons (Fsp3) is 0.118. The van der Waals surface area contributed by atoms with Crippen LogP contribution in [0.2, 0.25) is 0 Å². The first-order chi connectivity index (χ1) is 11.2.